The highest BCUT2D eigenvalue weighted by Crippen LogP contribution is 2.24. The summed E-state index contributed by atoms with van der Waals surface area (Å²) in [5.74, 6) is -6.32. The Labute approximate surface area is 201 Å². The molecule has 0 unspecified atom stereocenters. The first-order valence-electron chi connectivity index (χ1n) is 11.2. The van der Waals surface area contributed by atoms with Gasteiger partial charge in [-0.3, -0.25) is 29.3 Å². The SMILES string of the molecule is CC(C)[C@@H](NC(=O)C[C@H](NC(=O)c1ncccc1F)c1ccccc1)C(=O)[C@@H]1C(=O)NC(=O)[C@H]1C. The standard InChI is InChI=1S/C25H27FN4O5/c1-13(2)20(22(32)19-14(3)23(33)30-24(19)34)29-18(31)12-17(15-8-5-4-6-9-15)28-25(35)21-16(26)10-7-11-27-21/h4-11,13-14,17,19-20H,12H2,1-3H3,(H,28,35)(H,29,31)(H,30,33,34)/t14-,17-,19+,20+/m0/s1. The third-order valence-electron chi connectivity index (χ3n) is 5.91. The smallest absolute Gasteiger partial charge is 0.273 e. The second-order valence-corrected chi connectivity index (χ2v) is 8.79. The Hall–Kier alpha value is -3.95. The number of Topliss-reactive ketones (excluding diaryl/α,β-unsaturated/α-hetero) is 1. The molecule has 9 nitrogen and oxygen atoms in total. The van der Waals surface area contributed by atoms with Crippen molar-refractivity contribution in [2.75, 3.05) is 0 Å². The molecule has 184 valence electrons. The maximum atomic E-state index is 14.0. The molecule has 3 N–H and O–H groups in total. The first kappa shape index (κ1) is 25.7. The molecule has 35 heavy (non-hydrogen) atoms. The number of hydrogen-bond acceptors (Lipinski definition) is 6. The van der Waals surface area contributed by atoms with Crippen molar-refractivity contribution in [1.82, 2.24) is 20.9 Å². The summed E-state index contributed by atoms with van der Waals surface area (Å²) in [6.45, 7) is 4.91. The molecule has 0 bridgehead atoms. The van der Waals surface area contributed by atoms with Gasteiger partial charge in [-0.1, -0.05) is 51.1 Å². The molecule has 2 heterocycles. The number of amides is 4. The van der Waals surface area contributed by atoms with Crippen LogP contribution in [0.1, 0.15) is 49.3 Å². The van der Waals surface area contributed by atoms with Crippen molar-refractivity contribution < 1.29 is 28.4 Å². The minimum Gasteiger partial charge on any atom is -0.346 e. The van der Waals surface area contributed by atoms with E-state index < -0.39 is 64.8 Å². The van der Waals surface area contributed by atoms with Crippen molar-refractivity contribution in [2.45, 2.75) is 39.3 Å². The number of nitrogens with one attached hydrogen (secondary N) is 3. The van der Waals surface area contributed by atoms with Crippen LogP contribution in [0.25, 0.3) is 0 Å². The van der Waals surface area contributed by atoms with E-state index in [1.807, 2.05) is 0 Å². The van der Waals surface area contributed by atoms with Crippen LogP contribution in [0.3, 0.4) is 0 Å². The average molecular weight is 483 g/mol. The highest BCUT2D eigenvalue weighted by atomic mass is 19.1. The van der Waals surface area contributed by atoms with Crippen LogP contribution in [-0.2, 0) is 19.2 Å². The molecule has 0 spiro atoms. The van der Waals surface area contributed by atoms with E-state index in [-0.39, 0.29) is 12.3 Å². The van der Waals surface area contributed by atoms with Crippen molar-refractivity contribution in [3.8, 4) is 0 Å². The van der Waals surface area contributed by atoms with Crippen LogP contribution in [0.5, 0.6) is 0 Å². The Kier molecular flexibility index (Phi) is 8.06. The number of pyridine rings is 1. The van der Waals surface area contributed by atoms with Gasteiger partial charge in [0.05, 0.1) is 24.4 Å². The zero-order valence-corrected chi connectivity index (χ0v) is 19.6. The van der Waals surface area contributed by atoms with Gasteiger partial charge in [0.15, 0.2) is 17.3 Å². The summed E-state index contributed by atoms with van der Waals surface area (Å²) in [6, 6.07) is 9.23. The van der Waals surface area contributed by atoms with Crippen LogP contribution in [0.15, 0.2) is 48.7 Å². The third kappa shape index (κ3) is 5.95. The summed E-state index contributed by atoms with van der Waals surface area (Å²) in [7, 11) is 0. The minimum absolute atomic E-state index is 0.258. The number of hydrogen-bond donors (Lipinski definition) is 3. The van der Waals surface area contributed by atoms with E-state index in [0.29, 0.717) is 5.56 Å². The number of imide groups is 1. The van der Waals surface area contributed by atoms with Crippen molar-refractivity contribution in [3.05, 3.63) is 65.7 Å². The molecule has 1 aliphatic heterocycles. The molecule has 1 aromatic heterocycles. The largest absolute Gasteiger partial charge is 0.346 e. The lowest BCUT2D eigenvalue weighted by Gasteiger charge is -2.26. The second kappa shape index (κ2) is 11.0. The van der Waals surface area contributed by atoms with Gasteiger partial charge < -0.3 is 10.6 Å². The quantitative estimate of drug-likeness (QED) is 0.368. The Morgan fingerprint density at radius 3 is 2.29 bits per heavy atom. The van der Waals surface area contributed by atoms with Crippen molar-refractivity contribution >= 4 is 29.4 Å². The Bertz CT molecular complexity index is 1140. The number of ketones is 1. The van der Waals surface area contributed by atoms with Crippen molar-refractivity contribution in [1.29, 1.82) is 0 Å². The van der Waals surface area contributed by atoms with Crippen LogP contribution in [0.2, 0.25) is 0 Å². The van der Waals surface area contributed by atoms with Gasteiger partial charge in [0.2, 0.25) is 17.7 Å². The molecule has 10 heteroatoms. The first-order valence-corrected chi connectivity index (χ1v) is 11.2. The zero-order chi connectivity index (χ0) is 25.7. The molecular formula is C25H27FN4O5. The molecule has 0 saturated carbocycles. The maximum absolute atomic E-state index is 14.0. The molecule has 0 radical (unpaired) electrons. The van der Waals surface area contributed by atoms with Gasteiger partial charge in [0.25, 0.3) is 5.91 Å². The Balaban J connectivity index is 1.78. The van der Waals surface area contributed by atoms with Crippen LogP contribution in [0.4, 0.5) is 4.39 Å². The van der Waals surface area contributed by atoms with Crippen LogP contribution in [-0.4, -0.2) is 40.4 Å². The van der Waals surface area contributed by atoms with E-state index in [1.165, 1.54) is 19.2 Å². The first-order chi connectivity index (χ1) is 16.6. The zero-order valence-electron chi connectivity index (χ0n) is 19.6. The lowest BCUT2D eigenvalue weighted by molar-refractivity contribution is -0.137. The number of halogens is 1. The van der Waals surface area contributed by atoms with Gasteiger partial charge >= 0.3 is 0 Å². The molecule has 1 fully saturated rings. The molecule has 2 aromatic rings. The minimum atomic E-state index is -1.19. The van der Waals surface area contributed by atoms with E-state index >= 15 is 0 Å². The lowest BCUT2D eigenvalue weighted by atomic mass is 9.85. The molecular weight excluding hydrogens is 455 g/mol. The van der Waals surface area contributed by atoms with E-state index in [1.54, 1.807) is 44.2 Å². The molecule has 1 saturated heterocycles. The molecule has 1 aliphatic rings. The molecule has 1 aromatic carbocycles. The summed E-state index contributed by atoms with van der Waals surface area (Å²) in [4.78, 5) is 66.5. The monoisotopic (exact) mass is 482 g/mol. The summed E-state index contributed by atoms with van der Waals surface area (Å²) in [5.41, 5.74) is 0.184. The van der Waals surface area contributed by atoms with Gasteiger partial charge in [0.1, 0.15) is 5.92 Å². The third-order valence-corrected chi connectivity index (χ3v) is 5.91. The van der Waals surface area contributed by atoms with Gasteiger partial charge in [-0.15, -0.1) is 0 Å². The molecule has 4 amide bonds. The normalized spacial score (nSPS) is 19.1. The summed E-state index contributed by atoms with van der Waals surface area (Å²) >= 11 is 0. The molecule has 0 aliphatic carbocycles. The Morgan fingerprint density at radius 1 is 1.03 bits per heavy atom. The predicted molar refractivity (Wildman–Crippen MR) is 123 cm³/mol. The number of nitrogens with zero attached hydrogens (tertiary/aromatic N) is 1. The van der Waals surface area contributed by atoms with Gasteiger partial charge in [0, 0.05) is 6.20 Å². The number of carbonyl (C=O) groups is 5. The summed E-state index contributed by atoms with van der Waals surface area (Å²) in [6.07, 6.45) is 1.03. The maximum Gasteiger partial charge on any atom is 0.273 e. The summed E-state index contributed by atoms with van der Waals surface area (Å²) in [5, 5.41) is 7.43. The Morgan fingerprint density at radius 2 is 1.71 bits per heavy atom. The van der Waals surface area contributed by atoms with Crippen LogP contribution >= 0.6 is 0 Å². The second-order valence-electron chi connectivity index (χ2n) is 8.79. The fourth-order valence-corrected chi connectivity index (χ4v) is 3.96. The van der Waals surface area contributed by atoms with Crippen molar-refractivity contribution in [2.24, 2.45) is 17.8 Å². The van der Waals surface area contributed by atoms with Crippen molar-refractivity contribution in [3.63, 3.8) is 0 Å². The number of carbonyl (C=O) groups excluding carboxylic acids is 5. The highest BCUT2D eigenvalue weighted by molar-refractivity contribution is 6.16. The van der Waals surface area contributed by atoms with Crippen LogP contribution < -0.4 is 16.0 Å². The van der Waals surface area contributed by atoms with Gasteiger partial charge in [-0.2, -0.15) is 0 Å². The molecule has 3 rings (SSSR count). The summed E-state index contributed by atoms with van der Waals surface area (Å²) < 4.78 is 14.0. The fraction of sp³-hybridized carbons (Fsp3) is 0.360. The van der Waals surface area contributed by atoms with E-state index in [4.69, 9.17) is 0 Å². The number of rotatable bonds is 9. The van der Waals surface area contributed by atoms with Crippen LogP contribution in [0, 0.1) is 23.6 Å². The average Bonchev–Trinajstić information content (AvgIpc) is 3.08. The highest BCUT2D eigenvalue weighted by Gasteiger charge is 2.46. The topological polar surface area (TPSA) is 134 Å². The van der Waals surface area contributed by atoms with E-state index in [2.05, 4.69) is 20.9 Å². The predicted octanol–water partition coefficient (Wildman–Crippen LogP) is 1.70. The number of benzene rings is 1. The molecule has 4 atom stereocenters. The van der Waals surface area contributed by atoms with E-state index in [0.717, 1.165) is 6.07 Å². The number of aromatic nitrogens is 1. The van der Waals surface area contributed by atoms with E-state index in [9.17, 15) is 28.4 Å². The van der Waals surface area contributed by atoms with Gasteiger partial charge in [-0.25, -0.2) is 9.37 Å². The van der Waals surface area contributed by atoms with Gasteiger partial charge in [-0.05, 0) is 23.6 Å². The fourth-order valence-electron chi connectivity index (χ4n) is 3.96. The lowest BCUT2D eigenvalue weighted by Crippen LogP contribution is -2.49.